The van der Waals surface area contributed by atoms with Crippen LogP contribution < -0.4 is 0 Å². The van der Waals surface area contributed by atoms with Crippen molar-refractivity contribution >= 4 is 39.8 Å². The van der Waals surface area contributed by atoms with Gasteiger partial charge in [-0.05, 0) is 35.2 Å². The van der Waals surface area contributed by atoms with E-state index in [-0.39, 0.29) is 11.0 Å². The van der Waals surface area contributed by atoms with E-state index >= 15 is 0 Å². The number of rotatable bonds is 3. The molecular formula is C10H8Cl3N3. The minimum atomic E-state index is 0.0192. The first-order valence-corrected chi connectivity index (χ1v) is 5.51. The number of hydrogen-bond donors (Lipinski definition) is 0. The number of aryl methyl sites for hydroxylation is 1. The van der Waals surface area contributed by atoms with Crippen LogP contribution in [0.1, 0.15) is 16.7 Å². The number of azide groups is 1. The van der Waals surface area contributed by atoms with Crippen LogP contribution in [0.5, 0.6) is 0 Å². The summed E-state index contributed by atoms with van der Waals surface area (Å²) >= 11 is 17.2. The number of nitrogens with zero attached hydrogens (tertiary/aromatic N) is 3. The number of hydrogen-bond acceptors (Lipinski definition) is 1. The Morgan fingerprint density at radius 2 is 2.06 bits per heavy atom. The quantitative estimate of drug-likeness (QED) is 0.416. The third kappa shape index (κ3) is 3.32. The first-order valence-electron chi connectivity index (χ1n) is 4.37. The van der Waals surface area contributed by atoms with E-state index in [1.165, 1.54) is 0 Å². The van der Waals surface area contributed by atoms with Crippen LogP contribution in [-0.2, 0) is 6.54 Å². The van der Waals surface area contributed by atoms with Crippen molar-refractivity contribution in [2.45, 2.75) is 13.5 Å². The van der Waals surface area contributed by atoms with Gasteiger partial charge < -0.3 is 0 Å². The van der Waals surface area contributed by atoms with Crippen LogP contribution in [0, 0.1) is 6.92 Å². The van der Waals surface area contributed by atoms with Gasteiger partial charge in [0.2, 0.25) is 0 Å². The lowest BCUT2D eigenvalue weighted by Gasteiger charge is -2.06. The van der Waals surface area contributed by atoms with Crippen LogP contribution in [0.2, 0.25) is 0 Å². The molecule has 0 aliphatic rings. The van der Waals surface area contributed by atoms with Crippen molar-refractivity contribution in [1.29, 1.82) is 0 Å². The molecule has 0 bridgehead atoms. The highest BCUT2D eigenvalue weighted by atomic mass is 35.5. The van der Waals surface area contributed by atoms with Crippen molar-refractivity contribution in [2.75, 3.05) is 0 Å². The van der Waals surface area contributed by atoms with Gasteiger partial charge in [-0.3, -0.25) is 0 Å². The largest absolute Gasteiger partial charge is 0.126 e. The summed E-state index contributed by atoms with van der Waals surface area (Å²) in [5.41, 5.74) is 10.8. The lowest BCUT2D eigenvalue weighted by atomic mass is 10.1. The second-order valence-corrected chi connectivity index (χ2v) is 4.44. The molecule has 1 aromatic rings. The summed E-state index contributed by atoms with van der Waals surface area (Å²) in [6, 6.07) is 5.54. The molecule has 16 heavy (non-hydrogen) atoms. The summed E-state index contributed by atoms with van der Waals surface area (Å²) in [4.78, 5) is 2.69. The van der Waals surface area contributed by atoms with E-state index in [2.05, 4.69) is 10.0 Å². The van der Waals surface area contributed by atoms with Crippen molar-refractivity contribution < 1.29 is 0 Å². The fourth-order valence-corrected chi connectivity index (χ4v) is 1.63. The van der Waals surface area contributed by atoms with Crippen LogP contribution in [0.25, 0.3) is 15.5 Å². The molecule has 3 nitrogen and oxygen atoms in total. The van der Waals surface area contributed by atoms with Gasteiger partial charge in [0.05, 0.1) is 11.6 Å². The van der Waals surface area contributed by atoms with E-state index in [1.807, 2.05) is 19.1 Å². The third-order valence-electron chi connectivity index (χ3n) is 2.02. The predicted molar refractivity (Wildman–Crippen MR) is 68.5 cm³/mol. The van der Waals surface area contributed by atoms with Gasteiger partial charge in [-0.2, -0.15) is 0 Å². The van der Waals surface area contributed by atoms with Gasteiger partial charge in [-0.15, -0.1) is 0 Å². The van der Waals surface area contributed by atoms with Crippen LogP contribution in [0.3, 0.4) is 0 Å². The van der Waals surface area contributed by atoms with Gasteiger partial charge in [0, 0.05) is 4.91 Å². The molecule has 0 aliphatic heterocycles. The maximum Gasteiger partial charge on any atom is 0.126 e. The zero-order chi connectivity index (χ0) is 12.1. The maximum atomic E-state index is 8.23. The summed E-state index contributed by atoms with van der Waals surface area (Å²) in [5.74, 6) is 0. The molecule has 1 aromatic carbocycles. The van der Waals surface area contributed by atoms with E-state index < -0.39 is 0 Å². The lowest BCUT2D eigenvalue weighted by Crippen LogP contribution is -1.89. The van der Waals surface area contributed by atoms with Gasteiger partial charge >= 0.3 is 0 Å². The molecule has 0 unspecified atom stereocenters. The average molecular weight is 277 g/mol. The highest BCUT2D eigenvalue weighted by Gasteiger charge is 2.07. The molecule has 0 aromatic heterocycles. The molecular weight excluding hydrogens is 268 g/mol. The highest BCUT2D eigenvalue weighted by molar-refractivity contribution is 6.66. The molecule has 0 saturated heterocycles. The Kier molecular flexibility index (Phi) is 4.97. The van der Waals surface area contributed by atoms with Crippen LogP contribution in [-0.4, -0.2) is 0 Å². The average Bonchev–Trinajstić information content (AvgIpc) is 2.27. The van der Waals surface area contributed by atoms with Crippen molar-refractivity contribution in [2.24, 2.45) is 5.11 Å². The first kappa shape index (κ1) is 13.2. The molecule has 0 aliphatic carbocycles. The third-order valence-corrected chi connectivity index (χ3v) is 2.98. The van der Waals surface area contributed by atoms with E-state index in [9.17, 15) is 0 Å². The van der Waals surface area contributed by atoms with Gasteiger partial charge in [-0.25, -0.2) is 0 Å². The normalized spacial score (nSPS) is 9.50. The second kappa shape index (κ2) is 6.02. The highest BCUT2D eigenvalue weighted by Crippen LogP contribution is 2.30. The maximum absolute atomic E-state index is 8.23. The van der Waals surface area contributed by atoms with Gasteiger partial charge in [0.25, 0.3) is 0 Å². The predicted octanol–water partition coefficient (Wildman–Crippen LogP) is 5.15. The van der Waals surface area contributed by atoms with E-state index in [0.717, 1.165) is 16.7 Å². The van der Waals surface area contributed by atoms with E-state index in [0.29, 0.717) is 5.03 Å². The zero-order valence-corrected chi connectivity index (χ0v) is 10.7. The molecule has 0 amide bonds. The second-order valence-electron chi connectivity index (χ2n) is 3.11. The molecule has 6 heteroatoms. The number of benzene rings is 1. The van der Waals surface area contributed by atoms with E-state index in [1.54, 1.807) is 6.07 Å². The monoisotopic (exact) mass is 275 g/mol. The molecule has 0 atom stereocenters. The number of halogens is 3. The van der Waals surface area contributed by atoms with Crippen LogP contribution in [0.15, 0.2) is 27.8 Å². The smallest absolute Gasteiger partial charge is 0.0893 e. The molecule has 0 radical (unpaired) electrons. The molecule has 1 rings (SSSR count). The molecule has 0 heterocycles. The van der Waals surface area contributed by atoms with Crippen molar-refractivity contribution in [3.8, 4) is 0 Å². The first-order chi connectivity index (χ1) is 7.56. The van der Waals surface area contributed by atoms with Crippen LogP contribution in [0.4, 0.5) is 0 Å². The summed E-state index contributed by atoms with van der Waals surface area (Å²) in [5, 5.41) is 3.77. The summed E-state index contributed by atoms with van der Waals surface area (Å²) in [6.07, 6.45) is 0. The van der Waals surface area contributed by atoms with Crippen molar-refractivity contribution in [3.63, 3.8) is 0 Å². The fourth-order valence-electron chi connectivity index (χ4n) is 1.22. The molecule has 0 saturated carbocycles. The Balaban J connectivity index is 3.18. The molecule has 0 fully saturated rings. The van der Waals surface area contributed by atoms with Gasteiger partial charge in [0.15, 0.2) is 0 Å². The summed E-state index contributed by atoms with van der Waals surface area (Å²) < 4.78 is 0.0192. The lowest BCUT2D eigenvalue weighted by molar-refractivity contribution is 1.04. The standard InChI is InChI=1S/C10H8Cl3N3/c1-6-2-3-7(5-15-16-14)4-8(6)9(11)10(12)13/h2-4H,5H2,1H3. The zero-order valence-electron chi connectivity index (χ0n) is 8.41. The Hall–Kier alpha value is -0.860. The topological polar surface area (TPSA) is 48.8 Å². The molecule has 84 valence electrons. The van der Waals surface area contributed by atoms with Crippen molar-refractivity contribution in [1.82, 2.24) is 0 Å². The SMILES string of the molecule is Cc1ccc(CN=[N+]=[N-])cc1C(Cl)=C(Cl)Cl. The van der Waals surface area contributed by atoms with Gasteiger partial charge in [0.1, 0.15) is 4.49 Å². The molecule has 0 spiro atoms. The van der Waals surface area contributed by atoms with Gasteiger partial charge in [-0.1, -0.05) is 52.0 Å². The Labute approximate surface area is 108 Å². The fraction of sp³-hybridized carbons (Fsp3) is 0.200. The van der Waals surface area contributed by atoms with Crippen molar-refractivity contribution in [3.05, 3.63) is 49.8 Å². The molecule has 0 N–H and O–H groups in total. The Morgan fingerprint density at radius 3 is 2.62 bits per heavy atom. The minimum absolute atomic E-state index is 0.0192. The minimum Gasteiger partial charge on any atom is -0.0893 e. The summed E-state index contributed by atoms with van der Waals surface area (Å²) in [7, 11) is 0. The summed E-state index contributed by atoms with van der Waals surface area (Å²) in [6.45, 7) is 2.17. The van der Waals surface area contributed by atoms with Crippen LogP contribution >= 0.6 is 34.8 Å². The Bertz CT molecular complexity index is 472. The Morgan fingerprint density at radius 1 is 1.38 bits per heavy atom. The van der Waals surface area contributed by atoms with E-state index in [4.69, 9.17) is 40.3 Å².